The fraction of sp³-hybridized carbons (Fsp3) is 1.00. The summed E-state index contributed by atoms with van der Waals surface area (Å²) in [7, 11) is 0. The van der Waals surface area contributed by atoms with Crippen LogP contribution in [0.3, 0.4) is 0 Å². The first-order valence-electron chi connectivity index (χ1n) is 3.60. The molecule has 0 atom stereocenters. The molecule has 0 aliphatic carbocycles. The van der Waals surface area contributed by atoms with E-state index in [0.29, 0.717) is 5.41 Å². The Hall–Kier alpha value is 1.09. The average molecular weight is 236 g/mol. The van der Waals surface area contributed by atoms with Crippen molar-refractivity contribution >= 4 is 40.0 Å². The lowest BCUT2D eigenvalue weighted by Gasteiger charge is -2.22. The van der Waals surface area contributed by atoms with Crippen LogP contribution in [-0.2, 0) is 0 Å². The Labute approximate surface area is 85.9 Å². The molecular weight excluding hydrogens is 219 g/mol. The first-order chi connectivity index (χ1) is 4.68. The predicted octanol–water partition coefficient (Wildman–Crippen LogP) is 4.11. The Bertz CT molecular complexity index is 83.4. The molecule has 0 nitrogen and oxygen atoms in total. The zero-order valence-corrected chi connectivity index (χ0v) is 11.2. The summed E-state index contributed by atoms with van der Waals surface area (Å²) in [5.74, 6) is 0.799. The topological polar surface area (TPSA) is 0 Å². The number of hydrogen-bond acceptors (Lipinski definition) is 0. The van der Waals surface area contributed by atoms with Crippen LogP contribution in [0.4, 0.5) is 0 Å². The van der Waals surface area contributed by atoms with Gasteiger partial charge in [0.2, 0.25) is 0 Å². The lowest BCUT2D eigenvalue weighted by atomic mass is 9.84. The van der Waals surface area contributed by atoms with E-state index in [2.05, 4.69) is 34.6 Å². The van der Waals surface area contributed by atoms with Crippen molar-refractivity contribution in [2.45, 2.75) is 34.6 Å². The summed E-state index contributed by atoms with van der Waals surface area (Å²) in [5, 5.41) is 0. The summed E-state index contributed by atoms with van der Waals surface area (Å²) in [6.45, 7) is 9.56. The van der Waals surface area contributed by atoms with Crippen molar-refractivity contribution in [3.8, 4) is 0 Å². The number of halogens is 3. The van der Waals surface area contributed by atoms with Gasteiger partial charge in [-0.2, -0.15) is 0 Å². The van der Waals surface area contributed by atoms with Crippen LogP contribution in [0.2, 0.25) is 0 Å². The summed E-state index contributed by atoms with van der Waals surface area (Å²) in [4.78, 5) is 0. The molecule has 0 saturated heterocycles. The molecule has 0 aromatic heterocycles. The SMILES string of the molecule is CC(C)C(C)(C)C.Cl[SiH](Cl)Cl. The minimum Gasteiger partial charge on any atom is -0.130 e. The lowest BCUT2D eigenvalue weighted by Crippen LogP contribution is -2.12. The van der Waals surface area contributed by atoms with E-state index in [1.807, 2.05) is 0 Å². The van der Waals surface area contributed by atoms with Crippen molar-refractivity contribution in [3.63, 3.8) is 0 Å². The summed E-state index contributed by atoms with van der Waals surface area (Å²) >= 11 is 14.8. The molecule has 0 spiro atoms. The fourth-order valence-corrected chi connectivity index (χ4v) is 0. The van der Waals surface area contributed by atoms with Gasteiger partial charge in [-0.25, -0.2) is 0 Å². The number of hydrogen-bond donors (Lipinski definition) is 0. The Morgan fingerprint density at radius 3 is 1.09 bits per heavy atom. The Morgan fingerprint density at radius 1 is 1.00 bits per heavy atom. The predicted molar refractivity (Wildman–Crippen MR) is 59.0 cm³/mol. The molecule has 0 saturated carbocycles. The maximum Gasteiger partial charge on any atom is 0.326 e. The normalized spacial score (nSPS) is 11.5. The van der Waals surface area contributed by atoms with Crippen molar-refractivity contribution in [2.24, 2.45) is 11.3 Å². The van der Waals surface area contributed by atoms with Crippen LogP contribution < -0.4 is 0 Å². The van der Waals surface area contributed by atoms with Gasteiger partial charge in [-0.1, -0.05) is 34.6 Å². The molecule has 0 N–H and O–H groups in total. The van der Waals surface area contributed by atoms with E-state index in [-0.39, 0.29) is 0 Å². The fourth-order valence-electron chi connectivity index (χ4n) is 0. The zero-order valence-electron chi connectivity index (χ0n) is 7.79. The first kappa shape index (κ1) is 14.6. The highest BCUT2D eigenvalue weighted by Gasteiger charge is 2.13. The van der Waals surface area contributed by atoms with E-state index in [1.54, 1.807) is 0 Å². The molecule has 0 aliphatic heterocycles. The molecule has 0 fully saturated rings. The van der Waals surface area contributed by atoms with Crippen molar-refractivity contribution in [1.82, 2.24) is 0 Å². The summed E-state index contributed by atoms with van der Waals surface area (Å²) in [6.07, 6.45) is 0. The molecule has 0 unspecified atom stereocenters. The number of rotatable bonds is 0. The van der Waals surface area contributed by atoms with Crippen molar-refractivity contribution in [1.29, 1.82) is 0 Å². The average Bonchev–Trinajstić information content (AvgIpc) is 1.59. The maximum absolute atomic E-state index is 4.94. The molecule has 4 heteroatoms. The molecule has 0 radical (unpaired) electrons. The van der Waals surface area contributed by atoms with E-state index in [1.165, 1.54) is 0 Å². The standard InChI is InChI=1S/C7H16.Cl3HSi/c1-6(2)7(3,4)5;1-4(2)3/h6H,1-5H3;4H. The van der Waals surface area contributed by atoms with Crippen LogP contribution in [0.15, 0.2) is 0 Å². The van der Waals surface area contributed by atoms with Gasteiger partial charge in [-0.05, 0) is 11.3 Å². The van der Waals surface area contributed by atoms with Gasteiger partial charge in [-0.15, -0.1) is 33.2 Å². The van der Waals surface area contributed by atoms with Crippen LogP contribution in [0.5, 0.6) is 0 Å². The second kappa shape index (κ2) is 6.59. The molecule has 0 amide bonds. The van der Waals surface area contributed by atoms with Gasteiger partial charge >= 0.3 is 6.73 Å². The highest BCUT2D eigenvalue weighted by atomic mass is 35.8. The Morgan fingerprint density at radius 2 is 1.09 bits per heavy atom. The summed E-state index contributed by atoms with van der Waals surface area (Å²) in [6, 6.07) is 0. The molecular formula is C7H17Cl3Si. The smallest absolute Gasteiger partial charge is 0.130 e. The van der Waals surface area contributed by atoms with E-state index in [4.69, 9.17) is 33.2 Å². The van der Waals surface area contributed by atoms with Gasteiger partial charge in [0.15, 0.2) is 0 Å². The third kappa shape index (κ3) is 18.2. The molecule has 11 heavy (non-hydrogen) atoms. The first-order valence-corrected chi connectivity index (χ1v) is 8.84. The van der Waals surface area contributed by atoms with E-state index in [9.17, 15) is 0 Å². The van der Waals surface area contributed by atoms with Gasteiger partial charge in [0.1, 0.15) is 0 Å². The molecule has 0 rings (SSSR count). The quantitative estimate of drug-likeness (QED) is 0.438. The van der Waals surface area contributed by atoms with Crippen LogP contribution in [0, 0.1) is 11.3 Å². The van der Waals surface area contributed by atoms with Crippen molar-refractivity contribution in [2.75, 3.05) is 0 Å². The van der Waals surface area contributed by atoms with Crippen molar-refractivity contribution in [3.05, 3.63) is 0 Å². The molecule has 0 aliphatic rings. The van der Waals surface area contributed by atoms with Gasteiger partial charge in [0.05, 0.1) is 0 Å². The van der Waals surface area contributed by atoms with Crippen LogP contribution in [-0.4, -0.2) is 6.73 Å². The third-order valence-corrected chi connectivity index (χ3v) is 1.73. The summed E-state index contributed by atoms with van der Waals surface area (Å²) < 4.78 is 0. The highest BCUT2D eigenvalue weighted by molar-refractivity contribution is 7.54. The lowest BCUT2D eigenvalue weighted by molar-refractivity contribution is 0.283. The molecule has 0 heterocycles. The summed E-state index contributed by atoms with van der Waals surface area (Å²) in [5.41, 5.74) is 0.500. The van der Waals surface area contributed by atoms with Gasteiger partial charge < -0.3 is 0 Å². The van der Waals surface area contributed by atoms with Crippen LogP contribution in [0.1, 0.15) is 34.6 Å². The monoisotopic (exact) mass is 234 g/mol. The van der Waals surface area contributed by atoms with E-state index in [0.717, 1.165) is 5.92 Å². The van der Waals surface area contributed by atoms with Crippen LogP contribution >= 0.6 is 33.2 Å². The minimum absolute atomic E-state index is 0.500. The van der Waals surface area contributed by atoms with Gasteiger partial charge in [-0.3, -0.25) is 0 Å². The third-order valence-electron chi connectivity index (χ3n) is 1.73. The minimum atomic E-state index is -1.72. The maximum atomic E-state index is 4.94. The van der Waals surface area contributed by atoms with E-state index < -0.39 is 6.73 Å². The van der Waals surface area contributed by atoms with Gasteiger partial charge in [0.25, 0.3) is 0 Å². The van der Waals surface area contributed by atoms with Gasteiger partial charge in [0, 0.05) is 0 Å². The molecule has 70 valence electrons. The Kier molecular flexibility index (Phi) is 8.74. The van der Waals surface area contributed by atoms with E-state index >= 15 is 0 Å². The molecule has 0 bridgehead atoms. The zero-order chi connectivity index (χ0) is 9.65. The largest absolute Gasteiger partial charge is 0.326 e. The Balaban J connectivity index is 0. The second-order valence-corrected chi connectivity index (χ2v) is 10.2. The second-order valence-electron chi connectivity index (χ2n) is 3.77. The van der Waals surface area contributed by atoms with Crippen molar-refractivity contribution < 1.29 is 0 Å². The highest BCUT2D eigenvalue weighted by Crippen LogP contribution is 2.23. The molecule has 0 aromatic carbocycles. The van der Waals surface area contributed by atoms with Crippen LogP contribution in [0.25, 0.3) is 0 Å². The molecule has 0 aromatic rings.